The number of rotatable bonds is 3. The molecule has 0 radical (unpaired) electrons. The van der Waals surface area contributed by atoms with Crippen LogP contribution in [0.2, 0.25) is 0 Å². The molecule has 2 saturated heterocycles. The molecule has 3 amide bonds. The quantitative estimate of drug-likeness (QED) is 0.387. The van der Waals surface area contributed by atoms with Crippen LogP contribution in [0, 0.1) is 5.41 Å². The summed E-state index contributed by atoms with van der Waals surface area (Å²) < 4.78 is -0.218. The molecule has 148 valence electrons. The number of halogens is 1. The van der Waals surface area contributed by atoms with Crippen LogP contribution in [0.15, 0.2) is 11.3 Å². The van der Waals surface area contributed by atoms with Crippen LogP contribution in [0.5, 0.6) is 0 Å². The van der Waals surface area contributed by atoms with Gasteiger partial charge in [-0.1, -0.05) is 20.8 Å². The van der Waals surface area contributed by atoms with E-state index in [1.165, 1.54) is 33.4 Å². The van der Waals surface area contributed by atoms with Gasteiger partial charge >= 0.3 is 11.8 Å². The molecule has 11 heteroatoms. The molecule has 0 aromatic carbocycles. The lowest BCUT2D eigenvalue weighted by Crippen LogP contribution is -2.65. The average molecular weight is 433 g/mol. The molecule has 0 saturated carbocycles. The van der Waals surface area contributed by atoms with Gasteiger partial charge in [0.1, 0.15) is 16.2 Å². The van der Waals surface area contributed by atoms with Crippen LogP contribution < -0.4 is 10.7 Å². The van der Waals surface area contributed by atoms with Gasteiger partial charge in [-0.25, -0.2) is 0 Å². The molecule has 27 heavy (non-hydrogen) atoms. The minimum atomic E-state index is -0.724. The first kappa shape index (κ1) is 20.5. The van der Waals surface area contributed by atoms with Gasteiger partial charge in [-0.2, -0.15) is 5.01 Å². The minimum Gasteiger partial charge on any atom is -0.322 e. The molecule has 8 nitrogen and oxygen atoms in total. The molecule has 0 aliphatic carbocycles. The predicted molar refractivity (Wildman–Crippen MR) is 104 cm³/mol. The number of fused-ring (bicyclic) bond motifs is 1. The largest absolute Gasteiger partial charge is 0.323 e. The highest BCUT2D eigenvalue weighted by Crippen LogP contribution is 2.51. The number of allylic oxidation sites excluding steroid dienone is 1. The molecule has 3 rings (SSSR count). The number of amides is 3. The summed E-state index contributed by atoms with van der Waals surface area (Å²) in [4.78, 5) is 49.9. The van der Waals surface area contributed by atoms with E-state index < -0.39 is 28.1 Å². The monoisotopic (exact) mass is 432 g/mol. The lowest BCUT2D eigenvalue weighted by molar-refractivity contribution is -0.146. The van der Waals surface area contributed by atoms with Crippen LogP contribution in [-0.2, 0) is 19.2 Å². The standard InChI is InChI=1S/C16H21ClN4O4S2/c1-6-8(9(22)16(2,3)4)21-12(25)7(17)13(21)26-14(6)27-15-18-10(23)11(24)19-20(15)5/h7,13-15H,1-5H3,(H,18,23)(H,19,24)/t7-,13+,14?,15?/m0/s1. The zero-order valence-corrected chi connectivity index (χ0v) is 17.9. The molecule has 3 aliphatic rings. The molecule has 3 aliphatic heterocycles. The van der Waals surface area contributed by atoms with Gasteiger partial charge in [0.15, 0.2) is 5.78 Å². The third-order valence-electron chi connectivity index (χ3n) is 4.45. The molecule has 2 unspecified atom stereocenters. The molecule has 0 spiro atoms. The number of nitrogens with zero attached hydrogens (tertiary/aromatic N) is 2. The van der Waals surface area contributed by atoms with Gasteiger partial charge in [0.2, 0.25) is 5.91 Å². The van der Waals surface area contributed by atoms with Crippen molar-refractivity contribution in [1.29, 1.82) is 0 Å². The summed E-state index contributed by atoms with van der Waals surface area (Å²) in [6.45, 7) is 7.24. The number of alkyl halides is 1. The Morgan fingerprint density at radius 2 is 1.85 bits per heavy atom. The number of carbonyl (C=O) groups excluding carboxylic acids is 4. The molecule has 2 fully saturated rings. The summed E-state index contributed by atoms with van der Waals surface area (Å²) in [5, 5.41) is 3.11. The van der Waals surface area contributed by atoms with Crippen molar-refractivity contribution in [1.82, 2.24) is 20.7 Å². The molecule has 4 atom stereocenters. The molecular weight excluding hydrogens is 412 g/mol. The van der Waals surface area contributed by atoms with Crippen LogP contribution >= 0.6 is 35.1 Å². The molecule has 2 N–H and O–H groups in total. The van der Waals surface area contributed by atoms with E-state index in [-0.39, 0.29) is 21.6 Å². The maximum absolute atomic E-state index is 13.0. The van der Waals surface area contributed by atoms with Crippen LogP contribution in [0.4, 0.5) is 0 Å². The summed E-state index contributed by atoms with van der Waals surface area (Å²) in [7, 11) is 1.65. The Balaban J connectivity index is 1.91. The Kier molecular flexibility index (Phi) is 5.30. The van der Waals surface area contributed by atoms with Gasteiger partial charge < -0.3 is 5.32 Å². The Hall–Kier alpha value is -1.23. The molecule has 3 heterocycles. The predicted octanol–water partition coefficient (Wildman–Crippen LogP) is 0.834. The Morgan fingerprint density at radius 1 is 1.22 bits per heavy atom. The number of ketones is 1. The van der Waals surface area contributed by atoms with Gasteiger partial charge in [-0.3, -0.25) is 29.5 Å². The van der Waals surface area contributed by atoms with E-state index in [9.17, 15) is 19.2 Å². The number of β-lactam (4-membered cyclic amide) rings is 1. The third-order valence-corrected chi connectivity index (χ3v) is 8.35. The average Bonchev–Trinajstić information content (AvgIpc) is 2.58. The third kappa shape index (κ3) is 3.48. The number of hydrazine groups is 1. The van der Waals surface area contributed by atoms with Gasteiger partial charge in [0, 0.05) is 12.5 Å². The number of thioether (sulfide) groups is 2. The second-order valence-corrected chi connectivity index (χ2v) is 10.8. The van der Waals surface area contributed by atoms with Crippen LogP contribution in [0.3, 0.4) is 0 Å². The van der Waals surface area contributed by atoms with Crippen LogP contribution in [-0.4, -0.2) is 61.3 Å². The number of hydrogen-bond donors (Lipinski definition) is 2. The first-order valence-corrected chi connectivity index (χ1v) is 10.6. The number of nitrogens with one attached hydrogen (secondary N) is 2. The minimum absolute atomic E-state index is 0.123. The van der Waals surface area contributed by atoms with E-state index in [1.54, 1.807) is 7.05 Å². The van der Waals surface area contributed by atoms with Crippen molar-refractivity contribution in [3.8, 4) is 0 Å². The smallest absolute Gasteiger partial charge is 0.322 e. The summed E-state index contributed by atoms with van der Waals surface area (Å²) in [5.74, 6) is -1.82. The lowest BCUT2D eigenvalue weighted by Gasteiger charge is -2.51. The zero-order chi connectivity index (χ0) is 20.3. The van der Waals surface area contributed by atoms with Crippen molar-refractivity contribution in [2.24, 2.45) is 5.41 Å². The summed E-state index contributed by atoms with van der Waals surface area (Å²) >= 11 is 9.03. The number of carbonyl (C=O) groups is 4. The van der Waals surface area contributed by atoms with Crippen molar-refractivity contribution < 1.29 is 19.2 Å². The Labute approximate surface area is 170 Å². The van der Waals surface area contributed by atoms with Gasteiger partial charge in [0.05, 0.1) is 10.3 Å². The number of hydrogen-bond acceptors (Lipinski definition) is 7. The van der Waals surface area contributed by atoms with Crippen LogP contribution in [0.1, 0.15) is 27.7 Å². The van der Waals surface area contributed by atoms with E-state index in [0.717, 1.165) is 5.57 Å². The topological polar surface area (TPSA) is 98.8 Å². The van der Waals surface area contributed by atoms with Gasteiger partial charge in [-0.05, 0) is 12.5 Å². The van der Waals surface area contributed by atoms with Gasteiger partial charge in [-0.15, -0.1) is 35.1 Å². The summed E-state index contributed by atoms with van der Waals surface area (Å²) in [5.41, 5.74) is 2.44. The molecular formula is C16H21ClN4O4S2. The van der Waals surface area contributed by atoms with Crippen molar-refractivity contribution in [3.63, 3.8) is 0 Å². The number of Topliss-reactive ketones (excluding diaryl/α,β-unsaturated/α-hetero) is 1. The second-order valence-electron chi connectivity index (χ2n) is 7.59. The van der Waals surface area contributed by atoms with Crippen molar-refractivity contribution in [3.05, 3.63) is 11.3 Å². The first-order valence-electron chi connectivity index (χ1n) is 8.31. The van der Waals surface area contributed by atoms with Crippen molar-refractivity contribution in [2.45, 2.75) is 48.5 Å². The van der Waals surface area contributed by atoms with E-state index in [4.69, 9.17) is 11.6 Å². The second kappa shape index (κ2) is 6.98. The van der Waals surface area contributed by atoms with E-state index in [2.05, 4.69) is 10.7 Å². The maximum Gasteiger partial charge on any atom is 0.323 e. The van der Waals surface area contributed by atoms with Crippen LogP contribution in [0.25, 0.3) is 0 Å². The fourth-order valence-corrected chi connectivity index (χ4v) is 6.32. The highest BCUT2D eigenvalue weighted by molar-refractivity contribution is 8.18. The summed E-state index contributed by atoms with van der Waals surface area (Å²) in [6.07, 6.45) is 0. The zero-order valence-electron chi connectivity index (χ0n) is 15.5. The highest BCUT2D eigenvalue weighted by Gasteiger charge is 2.55. The van der Waals surface area contributed by atoms with Gasteiger partial charge in [0.25, 0.3) is 0 Å². The maximum atomic E-state index is 13.0. The Bertz CT molecular complexity index is 766. The highest BCUT2D eigenvalue weighted by atomic mass is 35.5. The lowest BCUT2D eigenvalue weighted by atomic mass is 9.86. The Morgan fingerprint density at radius 3 is 2.44 bits per heavy atom. The fraction of sp³-hybridized carbons (Fsp3) is 0.625. The SMILES string of the molecule is CC1=C(C(=O)C(C)(C)C)N2C(=O)[C@H](Cl)[C@H]2SC1SC1NC(=O)C(=O)NN1C. The van der Waals surface area contributed by atoms with E-state index in [0.29, 0.717) is 5.70 Å². The fourth-order valence-electron chi connectivity index (χ4n) is 2.89. The summed E-state index contributed by atoms with van der Waals surface area (Å²) in [6, 6.07) is 0. The normalized spacial score (nSPS) is 31.9. The first-order chi connectivity index (χ1) is 12.4. The molecule has 0 aromatic heterocycles. The molecule has 0 aromatic rings. The van der Waals surface area contributed by atoms with Crippen molar-refractivity contribution >= 4 is 58.6 Å². The van der Waals surface area contributed by atoms with Crippen molar-refractivity contribution in [2.75, 3.05) is 7.05 Å². The molecule has 0 bridgehead atoms. The van der Waals surface area contributed by atoms with E-state index >= 15 is 0 Å². The van der Waals surface area contributed by atoms with E-state index in [1.807, 2.05) is 27.7 Å².